The van der Waals surface area contributed by atoms with Crippen molar-refractivity contribution in [1.29, 1.82) is 0 Å². The number of cyclic esters (lactones) is 1. The fourth-order valence-corrected chi connectivity index (χ4v) is 4.56. The van der Waals surface area contributed by atoms with E-state index in [1.807, 2.05) is 43.3 Å². The van der Waals surface area contributed by atoms with Gasteiger partial charge >= 0.3 is 6.09 Å². The summed E-state index contributed by atoms with van der Waals surface area (Å²) in [6.45, 7) is 5.57. The molecular weight excluding hydrogens is 488 g/mol. The Morgan fingerprint density at radius 2 is 1.66 bits per heavy atom. The smallest absolute Gasteiger partial charge is 0.414 e. The highest BCUT2D eigenvalue weighted by atomic mass is 16.6. The summed E-state index contributed by atoms with van der Waals surface area (Å²) in [6, 6.07) is 18.2. The maximum absolute atomic E-state index is 12.5. The van der Waals surface area contributed by atoms with E-state index in [1.165, 1.54) is 12.3 Å². The molecule has 1 aromatic heterocycles. The Labute approximate surface area is 219 Å². The number of ether oxygens (including phenoxy) is 1. The van der Waals surface area contributed by atoms with Gasteiger partial charge in [0.05, 0.1) is 18.0 Å². The van der Waals surface area contributed by atoms with Crippen molar-refractivity contribution in [3.63, 3.8) is 0 Å². The molecule has 1 N–H and O–H groups in total. The van der Waals surface area contributed by atoms with Crippen molar-refractivity contribution in [1.82, 2.24) is 10.3 Å². The normalized spacial score (nSPS) is 17.3. The minimum Gasteiger partial charge on any atom is -0.442 e. The van der Waals surface area contributed by atoms with Crippen molar-refractivity contribution in [3.05, 3.63) is 88.1 Å². The summed E-state index contributed by atoms with van der Waals surface area (Å²) < 4.78 is 5.47. The zero-order chi connectivity index (χ0) is 26.6. The Kier molecular flexibility index (Phi) is 7.07. The van der Waals surface area contributed by atoms with E-state index in [-0.39, 0.29) is 18.1 Å². The molecule has 0 radical (unpaired) electrons. The third-order valence-electron chi connectivity index (χ3n) is 6.75. The minimum atomic E-state index is -0.454. The largest absolute Gasteiger partial charge is 0.442 e. The van der Waals surface area contributed by atoms with E-state index in [0.29, 0.717) is 12.1 Å². The number of hydrogen-bond acceptors (Lipinski definition) is 8. The van der Waals surface area contributed by atoms with Crippen LogP contribution in [0.15, 0.2) is 66.9 Å². The molecule has 3 heterocycles. The number of amides is 2. The molecule has 2 amide bonds. The summed E-state index contributed by atoms with van der Waals surface area (Å²) in [6.07, 6.45) is 0.418. The van der Waals surface area contributed by atoms with Crippen molar-refractivity contribution < 1.29 is 19.2 Å². The Hall–Kier alpha value is -4.67. The molecule has 3 aromatic rings. The molecule has 2 aliphatic heterocycles. The number of aryl methyl sites for hydroxylation is 1. The zero-order valence-corrected chi connectivity index (χ0v) is 20.9. The first-order chi connectivity index (χ1) is 18.4. The SMILES string of the molecule is Cc1ccc(C(=O)NC[C@H]2CN(c3ccc(N4CCN(c5ccc([N+](=O)[O-])cn5)CC4)cc3)C(=O)O2)cc1. The molecule has 0 unspecified atom stereocenters. The van der Waals surface area contributed by atoms with Crippen molar-refractivity contribution >= 4 is 34.9 Å². The Morgan fingerprint density at radius 3 is 2.29 bits per heavy atom. The molecule has 196 valence electrons. The predicted molar refractivity (Wildman–Crippen MR) is 143 cm³/mol. The number of piperazine rings is 1. The van der Waals surface area contributed by atoms with Crippen LogP contribution < -0.4 is 20.0 Å². The molecule has 11 heteroatoms. The number of nitrogens with one attached hydrogen (secondary N) is 1. The van der Waals surface area contributed by atoms with Crippen molar-refractivity contribution in [2.75, 3.05) is 54.0 Å². The van der Waals surface area contributed by atoms with Crippen molar-refractivity contribution in [2.45, 2.75) is 13.0 Å². The molecule has 2 aliphatic rings. The zero-order valence-electron chi connectivity index (χ0n) is 20.9. The van der Waals surface area contributed by atoms with Gasteiger partial charge in [0.1, 0.15) is 18.1 Å². The van der Waals surface area contributed by atoms with Crippen LogP contribution in [-0.2, 0) is 4.74 Å². The van der Waals surface area contributed by atoms with Crippen LogP contribution in [0.3, 0.4) is 0 Å². The highest BCUT2D eigenvalue weighted by Crippen LogP contribution is 2.26. The fraction of sp³-hybridized carbons (Fsp3) is 0.296. The molecule has 0 saturated carbocycles. The monoisotopic (exact) mass is 516 g/mol. The van der Waals surface area contributed by atoms with Crippen LogP contribution in [-0.4, -0.2) is 67.3 Å². The predicted octanol–water partition coefficient (Wildman–Crippen LogP) is 3.38. The van der Waals surface area contributed by atoms with Crippen LogP contribution >= 0.6 is 0 Å². The van der Waals surface area contributed by atoms with Gasteiger partial charge in [-0.3, -0.25) is 19.8 Å². The summed E-state index contributed by atoms with van der Waals surface area (Å²) >= 11 is 0. The van der Waals surface area contributed by atoms with E-state index in [0.717, 1.165) is 48.9 Å². The highest BCUT2D eigenvalue weighted by Gasteiger charge is 2.32. The Bertz CT molecular complexity index is 1310. The van der Waals surface area contributed by atoms with E-state index in [9.17, 15) is 19.7 Å². The first-order valence-electron chi connectivity index (χ1n) is 12.4. The van der Waals surface area contributed by atoms with E-state index < -0.39 is 17.1 Å². The van der Waals surface area contributed by atoms with Crippen LogP contribution in [0.2, 0.25) is 0 Å². The van der Waals surface area contributed by atoms with Gasteiger partial charge in [-0.25, -0.2) is 9.78 Å². The first kappa shape index (κ1) is 25.0. The average molecular weight is 517 g/mol. The van der Waals surface area contributed by atoms with Gasteiger partial charge in [0.15, 0.2) is 0 Å². The first-order valence-corrected chi connectivity index (χ1v) is 12.4. The lowest BCUT2D eigenvalue weighted by Gasteiger charge is -2.36. The summed E-state index contributed by atoms with van der Waals surface area (Å²) in [5, 5.41) is 13.7. The van der Waals surface area contributed by atoms with Crippen LogP contribution in [0.25, 0.3) is 0 Å². The maximum Gasteiger partial charge on any atom is 0.414 e. The molecule has 0 spiro atoms. The lowest BCUT2D eigenvalue weighted by molar-refractivity contribution is -0.385. The number of carbonyl (C=O) groups excluding carboxylic acids is 2. The number of benzene rings is 2. The van der Waals surface area contributed by atoms with Crippen LogP contribution in [0.4, 0.5) is 27.7 Å². The molecule has 2 aromatic carbocycles. The van der Waals surface area contributed by atoms with Gasteiger partial charge in [-0.05, 0) is 49.4 Å². The average Bonchev–Trinajstić information content (AvgIpc) is 3.32. The van der Waals surface area contributed by atoms with Crippen molar-refractivity contribution in [2.24, 2.45) is 0 Å². The Morgan fingerprint density at radius 1 is 1.00 bits per heavy atom. The topological polar surface area (TPSA) is 121 Å². The summed E-state index contributed by atoms with van der Waals surface area (Å²) in [7, 11) is 0. The lowest BCUT2D eigenvalue weighted by atomic mass is 10.1. The second-order valence-electron chi connectivity index (χ2n) is 9.31. The van der Waals surface area contributed by atoms with E-state index >= 15 is 0 Å². The number of rotatable bonds is 7. The summed E-state index contributed by atoms with van der Waals surface area (Å²) in [5.74, 6) is 0.524. The molecule has 11 nitrogen and oxygen atoms in total. The lowest BCUT2D eigenvalue weighted by Crippen LogP contribution is -2.46. The van der Waals surface area contributed by atoms with Crippen molar-refractivity contribution in [3.8, 4) is 0 Å². The molecule has 38 heavy (non-hydrogen) atoms. The van der Waals surface area contributed by atoms with Gasteiger partial charge in [0, 0.05) is 49.2 Å². The number of pyridine rings is 1. The maximum atomic E-state index is 12.5. The fourth-order valence-electron chi connectivity index (χ4n) is 4.56. The molecule has 1 atom stereocenters. The van der Waals surface area contributed by atoms with Crippen LogP contribution in [0.5, 0.6) is 0 Å². The number of nitrogens with zero attached hydrogens (tertiary/aromatic N) is 5. The van der Waals surface area contributed by atoms with E-state index in [4.69, 9.17) is 4.74 Å². The number of aromatic nitrogens is 1. The van der Waals surface area contributed by atoms with E-state index in [1.54, 1.807) is 23.1 Å². The summed E-state index contributed by atoms with van der Waals surface area (Å²) in [5.41, 5.74) is 3.40. The number of anilines is 3. The third kappa shape index (κ3) is 5.51. The second-order valence-corrected chi connectivity index (χ2v) is 9.31. The van der Waals surface area contributed by atoms with Gasteiger partial charge in [-0.2, -0.15) is 0 Å². The standard InChI is InChI=1S/C27H28N6O5/c1-19-2-4-20(5-3-19)26(34)29-17-24-18-32(27(35)38-24)22-8-6-21(7-9-22)30-12-14-31(15-13-30)25-11-10-23(16-28-25)33(36)37/h2-11,16,24H,12-15,17-18H2,1H3,(H,29,34)/t24-/m0/s1. The molecule has 2 fully saturated rings. The molecule has 5 rings (SSSR count). The summed E-state index contributed by atoms with van der Waals surface area (Å²) in [4.78, 5) is 45.4. The molecule has 2 saturated heterocycles. The van der Waals surface area contributed by atoms with E-state index in [2.05, 4.69) is 20.1 Å². The number of carbonyl (C=O) groups is 2. The quantitative estimate of drug-likeness (QED) is 0.375. The Balaban J connectivity index is 1.12. The highest BCUT2D eigenvalue weighted by molar-refractivity contribution is 5.94. The van der Waals surface area contributed by atoms with Gasteiger partial charge in [0.2, 0.25) is 0 Å². The van der Waals surface area contributed by atoms with Crippen LogP contribution in [0.1, 0.15) is 15.9 Å². The minimum absolute atomic E-state index is 0.0207. The van der Waals surface area contributed by atoms with Gasteiger partial charge in [-0.15, -0.1) is 0 Å². The molecule has 0 aliphatic carbocycles. The second kappa shape index (κ2) is 10.8. The molecule has 0 bridgehead atoms. The van der Waals surface area contributed by atoms with Crippen LogP contribution in [0, 0.1) is 17.0 Å². The number of hydrogen-bond donors (Lipinski definition) is 1. The third-order valence-corrected chi connectivity index (χ3v) is 6.75. The van der Waals surface area contributed by atoms with Gasteiger partial charge in [0.25, 0.3) is 11.6 Å². The van der Waals surface area contributed by atoms with Gasteiger partial charge < -0.3 is 19.9 Å². The van der Waals surface area contributed by atoms with Gasteiger partial charge in [-0.1, -0.05) is 17.7 Å². The number of nitro groups is 1. The molecular formula is C27H28N6O5.